The maximum absolute atomic E-state index is 12.8. The Kier molecular flexibility index (Phi) is 4.60. The summed E-state index contributed by atoms with van der Waals surface area (Å²) in [6.07, 6.45) is 5.46. The minimum Gasteiger partial charge on any atom is -0.467 e. The Labute approximate surface area is 152 Å². The molecule has 0 aromatic carbocycles. The summed E-state index contributed by atoms with van der Waals surface area (Å²) >= 11 is 0. The summed E-state index contributed by atoms with van der Waals surface area (Å²) < 4.78 is 5.31. The highest BCUT2D eigenvalue weighted by molar-refractivity contribution is 5.89. The molecule has 136 valence electrons. The number of piperazine rings is 1. The maximum Gasteiger partial charge on any atom is 0.228 e. The van der Waals surface area contributed by atoms with Crippen molar-refractivity contribution in [3.05, 3.63) is 48.7 Å². The van der Waals surface area contributed by atoms with E-state index in [2.05, 4.69) is 9.88 Å². The molecule has 0 aliphatic carbocycles. The second-order valence-corrected chi connectivity index (χ2v) is 6.77. The highest BCUT2D eigenvalue weighted by Gasteiger charge is 2.37. The second-order valence-electron chi connectivity index (χ2n) is 6.77. The first kappa shape index (κ1) is 16.6. The smallest absolute Gasteiger partial charge is 0.228 e. The van der Waals surface area contributed by atoms with Gasteiger partial charge in [0.15, 0.2) is 0 Å². The SMILES string of the molecule is O=C1CC(C(=O)N2CCN(c3ccncc3)CC2)CN1Cc1ccco1. The van der Waals surface area contributed by atoms with E-state index in [1.165, 1.54) is 0 Å². The summed E-state index contributed by atoms with van der Waals surface area (Å²) in [5.74, 6) is 0.618. The Balaban J connectivity index is 1.32. The van der Waals surface area contributed by atoms with Gasteiger partial charge in [-0.25, -0.2) is 0 Å². The lowest BCUT2D eigenvalue weighted by molar-refractivity contribution is -0.136. The van der Waals surface area contributed by atoms with Crippen LogP contribution in [0.1, 0.15) is 12.2 Å². The molecule has 2 fully saturated rings. The summed E-state index contributed by atoms with van der Waals surface area (Å²) in [5.41, 5.74) is 1.13. The van der Waals surface area contributed by atoms with Gasteiger partial charge >= 0.3 is 0 Å². The number of nitrogens with zero attached hydrogens (tertiary/aromatic N) is 4. The molecular formula is C19H22N4O3. The van der Waals surface area contributed by atoms with Gasteiger partial charge < -0.3 is 19.1 Å². The van der Waals surface area contributed by atoms with Crippen LogP contribution in [0.25, 0.3) is 0 Å². The molecule has 2 amide bonds. The topological polar surface area (TPSA) is 69.9 Å². The van der Waals surface area contributed by atoms with Crippen molar-refractivity contribution in [3.63, 3.8) is 0 Å². The molecule has 0 spiro atoms. The lowest BCUT2D eigenvalue weighted by Crippen LogP contribution is -2.50. The molecule has 4 rings (SSSR count). The summed E-state index contributed by atoms with van der Waals surface area (Å²) in [4.78, 5) is 35.0. The quantitative estimate of drug-likeness (QED) is 0.829. The number of hydrogen-bond acceptors (Lipinski definition) is 5. The van der Waals surface area contributed by atoms with Crippen LogP contribution < -0.4 is 4.90 Å². The predicted octanol–water partition coefficient (Wildman–Crippen LogP) is 1.37. The second kappa shape index (κ2) is 7.19. The Morgan fingerprint density at radius 2 is 1.92 bits per heavy atom. The van der Waals surface area contributed by atoms with Gasteiger partial charge in [-0.2, -0.15) is 0 Å². The largest absolute Gasteiger partial charge is 0.467 e. The van der Waals surface area contributed by atoms with E-state index in [-0.39, 0.29) is 17.7 Å². The lowest BCUT2D eigenvalue weighted by Gasteiger charge is -2.37. The van der Waals surface area contributed by atoms with Gasteiger partial charge in [0.1, 0.15) is 5.76 Å². The fourth-order valence-electron chi connectivity index (χ4n) is 3.68. The van der Waals surface area contributed by atoms with Crippen LogP contribution in [-0.4, -0.2) is 59.3 Å². The Morgan fingerprint density at radius 1 is 1.15 bits per heavy atom. The molecule has 4 heterocycles. The minimum absolute atomic E-state index is 0.0233. The van der Waals surface area contributed by atoms with E-state index in [0.29, 0.717) is 32.6 Å². The summed E-state index contributed by atoms with van der Waals surface area (Å²) in [5, 5.41) is 0. The zero-order valence-electron chi connectivity index (χ0n) is 14.6. The van der Waals surface area contributed by atoms with Crippen molar-refractivity contribution < 1.29 is 14.0 Å². The highest BCUT2D eigenvalue weighted by atomic mass is 16.3. The van der Waals surface area contributed by atoms with Crippen molar-refractivity contribution >= 4 is 17.5 Å². The minimum atomic E-state index is -0.245. The van der Waals surface area contributed by atoms with E-state index >= 15 is 0 Å². The van der Waals surface area contributed by atoms with E-state index in [1.54, 1.807) is 29.6 Å². The molecule has 2 aliphatic heterocycles. The monoisotopic (exact) mass is 354 g/mol. The Morgan fingerprint density at radius 3 is 2.62 bits per heavy atom. The molecule has 2 aliphatic rings. The van der Waals surface area contributed by atoms with Crippen molar-refractivity contribution in [1.29, 1.82) is 0 Å². The predicted molar refractivity (Wildman–Crippen MR) is 95.3 cm³/mol. The molecule has 0 bridgehead atoms. The molecule has 26 heavy (non-hydrogen) atoms. The normalized spacial score (nSPS) is 20.7. The van der Waals surface area contributed by atoms with Crippen molar-refractivity contribution in [3.8, 4) is 0 Å². The Bertz CT molecular complexity index is 754. The van der Waals surface area contributed by atoms with E-state index in [0.717, 1.165) is 24.5 Å². The molecule has 0 radical (unpaired) electrons. The number of hydrogen-bond donors (Lipinski definition) is 0. The van der Waals surface area contributed by atoms with Gasteiger partial charge in [0.05, 0.1) is 18.7 Å². The zero-order valence-corrected chi connectivity index (χ0v) is 14.6. The molecule has 2 aromatic rings. The number of rotatable bonds is 4. The van der Waals surface area contributed by atoms with E-state index in [1.807, 2.05) is 23.1 Å². The Hall–Kier alpha value is -2.83. The number of amides is 2. The summed E-state index contributed by atoms with van der Waals surface area (Å²) in [6, 6.07) is 7.63. The van der Waals surface area contributed by atoms with Crippen LogP contribution in [0.2, 0.25) is 0 Å². The van der Waals surface area contributed by atoms with E-state index < -0.39 is 0 Å². The van der Waals surface area contributed by atoms with Crippen molar-refractivity contribution in [2.45, 2.75) is 13.0 Å². The zero-order chi connectivity index (χ0) is 17.9. The third-order valence-electron chi connectivity index (χ3n) is 5.11. The van der Waals surface area contributed by atoms with Crippen LogP contribution >= 0.6 is 0 Å². The molecule has 7 nitrogen and oxygen atoms in total. The van der Waals surface area contributed by atoms with Crippen LogP contribution in [0.3, 0.4) is 0 Å². The first-order valence-corrected chi connectivity index (χ1v) is 8.94. The number of aromatic nitrogens is 1. The van der Waals surface area contributed by atoms with Gasteiger partial charge in [-0.3, -0.25) is 14.6 Å². The number of pyridine rings is 1. The van der Waals surface area contributed by atoms with E-state index in [4.69, 9.17) is 4.42 Å². The average Bonchev–Trinajstić information content (AvgIpc) is 3.32. The van der Waals surface area contributed by atoms with Gasteiger partial charge in [0.25, 0.3) is 0 Å². The number of carbonyl (C=O) groups excluding carboxylic acids is 2. The molecule has 7 heteroatoms. The van der Waals surface area contributed by atoms with Crippen LogP contribution in [0.4, 0.5) is 5.69 Å². The molecule has 1 atom stereocenters. The fourth-order valence-corrected chi connectivity index (χ4v) is 3.68. The van der Waals surface area contributed by atoms with Gasteiger partial charge in [0, 0.05) is 57.2 Å². The molecule has 2 aromatic heterocycles. The van der Waals surface area contributed by atoms with Crippen molar-refractivity contribution in [2.24, 2.45) is 5.92 Å². The third kappa shape index (κ3) is 3.42. The summed E-state index contributed by atoms with van der Waals surface area (Å²) in [6.45, 7) is 3.88. The molecule has 1 unspecified atom stereocenters. The van der Waals surface area contributed by atoms with Crippen LogP contribution in [0, 0.1) is 5.92 Å². The molecule has 0 N–H and O–H groups in total. The number of furan rings is 1. The summed E-state index contributed by atoms with van der Waals surface area (Å²) in [7, 11) is 0. The molecule has 0 saturated carbocycles. The first-order valence-electron chi connectivity index (χ1n) is 8.94. The average molecular weight is 354 g/mol. The standard InChI is InChI=1S/C19H22N4O3/c24-18-12-15(13-23(18)14-17-2-1-11-26-17)19(25)22-9-7-21(8-10-22)16-3-5-20-6-4-16/h1-6,11,15H,7-10,12-14H2. The van der Waals surface area contributed by atoms with Crippen molar-refractivity contribution in [2.75, 3.05) is 37.6 Å². The fraction of sp³-hybridized carbons (Fsp3) is 0.421. The molecular weight excluding hydrogens is 332 g/mol. The van der Waals surface area contributed by atoms with Gasteiger partial charge in [-0.05, 0) is 24.3 Å². The number of likely N-dealkylation sites (tertiary alicyclic amines) is 1. The molecule has 2 saturated heterocycles. The van der Waals surface area contributed by atoms with Crippen LogP contribution in [0.5, 0.6) is 0 Å². The lowest BCUT2D eigenvalue weighted by atomic mass is 10.1. The van der Waals surface area contributed by atoms with Crippen LogP contribution in [0.15, 0.2) is 47.3 Å². The maximum atomic E-state index is 12.8. The third-order valence-corrected chi connectivity index (χ3v) is 5.11. The van der Waals surface area contributed by atoms with Gasteiger partial charge in [-0.1, -0.05) is 0 Å². The highest BCUT2D eigenvalue weighted by Crippen LogP contribution is 2.23. The van der Waals surface area contributed by atoms with E-state index in [9.17, 15) is 9.59 Å². The number of carbonyl (C=O) groups is 2. The van der Waals surface area contributed by atoms with Crippen LogP contribution in [-0.2, 0) is 16.1 Å². The van der Waals surface area contributed by atoms with Crippen molar-refractivity contribution in [1.82, 2.24) is 14.8 Å². The van der Waals surface area contributed by atoms with Gasteiger partial charge in [-0.15, -0.1) is 0 Å². The first-order chi connectivity index (χ1) is 12.7. The number of anilines is 1. The van der Waals surface area contributed by atoms with Gasteiger partial charge in [0.2, 0.25) is 11.8 Å².